The predicted octanol–water partition coefficient (Wildman–Crippen LogP) is 3.86. The molecule has 0 heterocycles. The lowest BCUT2D eigenvalue weighted by atomic mass is 9.91. The molecule has 1 fully saturated rings. The number of halogens is 1. The van der Waals surface area contributed by atoms with E-state index in [1.165, 1.54) is 30.5 Å². The largest absolute Gasteiger partial charge is 0.395 e. The van der Waals surface area contributed by atoms with E-state index >= 15 is 0 Å². The number of nitrogens with one attached hydrogen (secondary N) is 1. The van der Waals surface area contributed by atoms with E-state index in [2.05, 4.69) is 58.2 Å². The van der Waals surface area contributed by atoms with Gasteiger partial charge in [-0.1, -0.05) is 28.9 Å². The molecular weight excluding hydrogens is 328 g/mol. The van der Waals surface area contributed by atoms with E-state index < -0.39 is 0 Å². The van der Waals surface area contributed by atoms with Crippen molar-refractivity contribution in [3.8, 4) is 0 Å². The average molecular weight is 355 g/mol. The summed E-state index contributed by atoms with van der Waals surface area (Å²) in [5.74, 6) is 0. The summed E-state index contributed by atoms with van der Waals surface area (Å²) < 4.78 is 1.15. The second-order valence-corrected chi connectivity index (χ2v) is 6.74. The molecule has 118 valence electrons. The Labute approximate surface area is 136 Å². The van der Waals surface area contributed by atoms with Crippen LogP contribution in [0.15, 0.2) is 22.7 Å². The van der Waals surface area contributed by atoms with Gasteiger partial charge in [0.25, 0.3) is 0 Å². The van der Waals surface area contributed by atoms with Crippen molar-refractivity contribution in [2.45, 2.75) is 51.6 Å². The smallest absolute Gasteiger partial charge is 0.0606 e. The van der Waals surface area contributed by atoms with Crippen LogP contribution in [-0.2, 0) is 0 Å². The minimum atomic E-state index is 0.213. The number of hydrogen-bond donors (Lipinski definition) is 2. The Morgan fingerprint density at radius 1 is 1.43 bits per heavy atom. The second kappa shape index (κ2) is 8.16. The molecule has 2 rings (SSSR count). The number of nitrogens with zero attached hydrogens (tertiary/aromatic N) is 1. The van der Waals surface area contributed by atoms with Crippen molar-refractivity contribution in [2.75, 3.05) is 24.6 Å². The van der Waals surface area contributed by atoms with Gasteiger partial charge in [-0.25, -0.2) is 0 Å². The molecule has 2 N–H and O–H groups in total. The molecule has 0 amide bonds. The summed E-state index contributed by atoms with van der Waals surface area (Å²) in [5.41, 5.74) is 2.51. The maximum absolute atomic E-state index is 9.31. The van der Waals surface area contributed by atoms with Gasteiger partial charge in [0.2, 0.25) is 0 Å². The minimum absolute atomic E-state index is 0.213. The first-order valence-electron chi connectivity index (χ1n) is 8.07. The van der Waals surface area contributed by atoms with Crippen LogP contribution in [0.3, 0.4) is 0 Å². The number of aliphatic hydroxyl groups excluding tert-OH is 1. The molecule has 1 atom stereocenters. The SMILES string of the molecule is CCCNC(C)c1ccc(N(CCO)C2CCC2)cc1Br. The Morgan fingerprint density at radius 3 is 2.71 bits per heavy atom. The molecule has 4 heteroatoms. The van der Waals surface area contributed by atoms with Gasteiger partial charge in [-0.15, -0.1) is 0 Å². The van der Waals surface area contributed by atoms with Crippen LogP contribution in [0.5, 0.6) is 0 Å². The van der Waals surface area contributed by atoms with Gasteiger partial charge in [0, 0.05) is 28.8 Å². The molecule has 1 aromatic carbocycles. The van der Waals surface area contributed by atoms with E-state index in [-0.39, 0.29) is 6.61 Å². The first-order valence-corrected chi connectivity index (χ1v) is 8.87. The van der Waals surface area contributed by atoms with Gasteiger partial charge < -0.3 is 15.3 Å². The molecule has 0 spiro atoms. The lowest BCUT2D eigenvalue weighted by molar-refractivity contribution is 0.283. The Bertz CT molecular complexity index is 448. The van der Waals surface area contributed by atoms with Gasteiger partial charge in [0.05, 0.1) is 6.61 Å². The maximum atomic E-state index is 9.31. The Morgan fingerprint density at radius 2 is 2.19 bits per heavy atom. The molecule has 1 aliphatic carbocycles. The van der Waals surface area contributed by atoms with E-state index in [1.807, 2.05) is 0 Å². The summed E-state index contributed by atoms with van der Waals surface area (Å²) in [5, 5.41) is 12.8. The predicted molar refractivity (Wildman–Crippen MR) is 92.9 cm³/mol. The van der Waals surface area contributed by atoms with Gasteiger partial charge in [-0.3, -0.25) is 0 Å². The minimum Gasteiger partial charge on any atom is -0.395 e. The molecule has 0 radical (unpaired) electrons. The highest BCUT2D eigenvalue weighted by Gasteiger charge is 2.25. The molecule has 1 aromatic rings. The fraction of sp³-hybridized carbons (Fsp3) is 0.647. The number of aliphatic hydroxyl groups is 1. The average Bonchev–Trinajstić information content (AvgIpc) is 2.42. The first kappa shape index (κ1) is 16.8. The number of hydrogen-bond acceptors (Lipinski definition) is 3. The molecule has 1 aliphatic rings. The monoisotopic (exact) mass is 354 g/mol. The van der Waals surface area contributed by atoms with Crippen LogP contribution in [-0.4, -0.2) is 30.8 Å². The van der Waals surface area contributed by atoms with Crippen LogP contribution >= 0.6 is 15.9 Å². The van der Waals surface area contributed by atoms with Gasteiger partial charge in [0.1, 0.15) is 0 Å². The highest BCUT2D eigenvalue weighted by Crippen LogP contribution is 2.33. The molecule has 0 aliphatic heterocycles. The summed E-state index contributed by atoms with van der Waals surface area (Å²) >= 11 is 3.72. The van der Waals surface area contributed by atoms with E-state index in [0.29, 0.717) is 12.1 Å². The third-order valence-corrected chi connectivity index (χ3v) is 5.03. The highest BCUT2D eigenvalue weighted by atomic mass is 79.9. The summed E-state index contributed by atoms with van der Waals surface area (Å²) in [4.78, 5) is 2.35. The summed E-state index contributed by atoms with van der Waals surface area (Å²) in [6.45, 7) is 6.36. The zero-order valence-corrected chi connectivity index (χ0v) is 14.7. The molecule has 0 bridgehead atoms. The summed E-state index contributed by atoms with van der Waals surface area (Å²) in [6, 6.07) is 7.55. The molecule has 3 nitrogen and oxygen atoms in total. The Kier molecular flexibility index (Phi) is 6.52. The van der Waals surface area contributed by atoms with Crippen LogP contribution in [0.1, 0.15) is 51.1 Å². The first-order chi connectivity index (χ1) is 10.2. The van der Waals surface area contributed by atoms with Crippen LogP contribution < -0.4 is 10.2 Å². The van der Waals surface area contributed by atoms with Crippen molar-refractivity contribution < 1.29 is 5.11 Å². The molecule has 1 unspecified atom stereocenters. The quantitative estimate of drug-likeness (QED) is 0.743. The van der Waals surface area contributed by atoms with Crippen molar-refractivity contribution in [2.24, 2.45) is 0 Å². The summed E-state index contributed by atoms with van der Waals surface area (Å²) in [6.07, 6.45) is 4.94. The van der Waals surface area contributed by atoms with E-state index in [1.54, 1.807) is 0 Å². The van der Waals surface area contributed by atoms with E-state index in [9.17, 15) is 5.11 Å². The fourth-order valence-electron chi connectivity index (χ4n) is 2.85. The second-order valence-electron chi connectivity index (χ2n) is 5.88. The fourth-order valence-corrected chi connectivity index (χ4v) is 3.56. The highest BCUT2D eigenvalue weighted by molar-refractivity contribution is 9.10. The van der Waals surface area contributed by atoms with Gasteiger partial charge in [-0.2, -0.15) is 0 Å². The molecule has 21 heavy (non-hydrogen) atoms. The molecule has 0 saturated heterocycles. The van der Waals surface area contributed by atoms with E-state index in [4.69, 9.17) is 0 Å². The standard InChI is InChI=1S/C17H27BrN2O/c1-3-9-19-13(2)16-8-7-15(12-17(16)18)20(10-11-21)14-5-4-6-14/h7-8,12-14,19,21H,3-6,9-11H2,1-2H3. The topological polar surface area (TPSA) is 35.5 Å². The Hall–Kier alpha value is -0.580. The molecule has 1 saturated carbocycles. The normalized spacial score (nSPS) is 16.6. The third kappa shape index (κ3) is 4.21. The number of rotatable bonds is 8. The maximum Gasteiger partial charge on any atom is 0.0606 e. The zero-order valence-electron chi connectivity index (χ0n) is 13.1. The van der Waals surface area contributed by atoms with Crippen molar-refractivity contribution in [1.29, 1.82) is 0 Å². The van der Waals surface area contributed by atoms with Gasteiger partial charge in [-0.05, 0) is 56.8 Å². The van der Waals surface area contributed by atoms with Crippen LogP contribution in [0.4, 0.5) is 5.69 Å². The van der Waals surface area contributed by atoms with Crippen LogP contribution in [0, 0.1) is 0 Å². The molecule has 0 aromatic heterocycles. The lowest BCUT2D eigenvalue weighted by Gasteiger charge is -2.39. The Balaban J connectivity index is 2.12. The van der Waals surface area contributed by atoms with Crippen molar-refractivity contribution in [3.63, 3.8) is 0 Å². The summed E-state index contributed by atoms with van der Waals surface area (Å²) in [7, 11) is 0. The third-order valence-electron chi connectivity index (χ3n) is 4.34. The molecular formula is C17H27BrN2O. The van der Waals surface area contributed by atoms with Crippen molar-refractivity contribution >= 4 is 21.6 Å². The number of anilines is 1. The zero-order chi connectivity index (χ0) is 15.2. The van der Waals surface area contributed by atoms with Gasteiger partial charge >= 0.3 is 0 Å². The lowest BCUT2D eigenvalue weighted by Crippen LogP contribution is -2.42. The van der Waals surface area contributed by atoms with Crippen LogP contribution in [0.25, 0.3) is 0 Å². The van der Waals surface area contributed by atoms with E-state index in [0.717, 1.165) is 24.0 Å². The number of benzene rings is 1. The van der Waals surface area contributed by atoms with Crippen molar-refractivity contribution in [1.82, 2.24) is 5.32 Å². The van der Waals surface area contributed by atoms with Crippen molar-refractivity contribution in [3.05, 3.63) is 28.2 Å². The van der Waals surface area contributed by atoms with Gasteiger partial charge in [0.15, 0.2) is 0 Å². The van der Waals surface area contributed by atoms with Crippen LogP contribution in [0.2, 0.25) is 0 Å².